The predicted octanol–water partition coefficient (Wildman–Crippen LogP) is 4.35. The topological polar surface area (TPSA) is 29.3 Å². The number of nitrogens with two attached hydrogens (primary N) is 1. The maximum atomic E-state index is 5.72. The lowest BCUT2D eigenvalue weighted by Gasteiger charge is -2.25. The second-order valence-corrected chi connectivity index (χ2v) is 7.11. The Morgan fingerprint density at radius 1 is 1.00 bits per heavy atom. The van der Waals surface area contributed by atoms with Crippen LogP contribution in [0.15, 0.2) is 18.2 Å². The average Bonchev–Trinajstić information content (AvgIpc) is 2.43. The van der Waals surface area contributed by atoms with Gasteiger partial charge in [0.2, 0.25) is 0 Å². The van der Waals surface area contributed by atoms with E-state index in [4.69, 9.17) is 5.73 Å². The molecule has 0 fully saturated rings. The highest BCUT2D eigenvalue weighted by Crippen LogP contribution is 2.16. The molecule has 120 valence electrons. The van der Waals surface area contributed by atoms with E-state index < -0.39 is 0 Å². The van der Waals surface area contributed by atoms with Crippen molar-refractivity contribution in [2.75, 3.05) is 13.1 Å². The van der Waals surface area contributed by atoms with Gasteiger partial charge in [-0.1, -0.05) is 45.9 Å². The first-order valence-corrected chi connectivity index (χ1v) is 8.43. The summed E-state index contributed by atoms with van der Waals surface area (Å²) < 4.78 is 0. The van der Waals surface area contributed by atoms with Crippen LogP contribution in [0.25, 0.3) is 0 Å². The molecule has 0 saturated carbocycles. The summed E-state index contributed by atoms with van der Waals surface area (Å²) >= 11 is 0. The smallest absolute Gasteiger partial charge is 0.0236 e. The molecule has 0 aliphatic carbocycles. The van der Waals surface area contributed by atoms with Crippen LogP contribution in [0.4, 0.5) is 0 Å². The Balaban J connectivity index is 2.69. The van der Waals surface area contributed by atoms with Gasteiger partial charge in [0.1, 0.15) is 0 Å². The second-order valence-electron chi connectivity index (χ2n) is 7.11. The molecule has 1 aromatic rings. The van der Waals surface area contributed by atoms with Crippen molar-refractivity contribution in [2.24, 2.45) is 17.6 Å². The van der Waals surface area contributed by atoms with E-state index in [9.17, 15) is 0 Å². The normalized spacial score (nSPS) is 11.9. The van der Waals surface area contributed by atoms with Gasteiger partial charge in [-0.05, 0) is 61.4 Å². The molecule has 0 aliphatic rings. The molecule has 2 nitrogen and oxygen atoms in total. The van der Waals surface area contributed by atoms with Crippen LogP contribution in [0, 0.1) is 18.8 Å². The highest BCUT2D eigenvalue weighted by atomic mass is 15.1. The van der Waals surface area contributed by atoms with Crippen molar-refractivity contribution in [3.63, 3.8) is 0 Å². The number of hydrogen-bond acceptors (Lipinski definition) is 2. The zero-order valence-corrected chi connectivity index (χ0v) is 14.7. The molecule has 0 bridgehead atoms. The fraction of sp³-hybridized carbons (Fsp3) is 0.684. The van der Waals surface area contributed by atoms with Crippen LogP contribution in [-0.2, 0) is 13.1 Å². The quantitative estimate of drug-likeness (QED) is 0.732. The van der Waals surface area contributed by atoms with E-state index >= 15 is 0 Å². The summed E-state index contributed by atoms with van der Waals surface area (Å²) in [4.78, 5) is 2.62. The van der Waals surface area contributed by atoms with Gasteiger partial charge in [-0.2, -0.15) is 0 Å². The van der Waals surface area contributed by atoms with Gasteiger partial charge in [-0.15, -0.1) is 0 Å². The summed E-state index contributed by atoms with van der Waals surface area (Å²) in [5, 5.41) is 0. The largest absolute Gasteiger partial charge is 0.326 e. The summed E-state index contributed by atoms with van der Waals surface area (Å²) in [5.41, 5.74) is 9.77. The van der Waals surface area contributed by atoms with E-state index in [1.54, 1.807) is 0 Å². The zero-order valence-electron chi connectivity index (χ0n) is 14.7. The van der Waals surface area contributed by atoms with Gasteiger partial charge in [0.15, 0.2) is 0 Å². The first kappa shape index (κ1) is 18.2. The van der Waals surface area contributed by atoms with E-state index in [1.165, 1.54) is 42.6 Å². The summed E-state index contributed by atoms with van der Waals surface area (Å²) in [6.07, 6.45) is 2.55. The predicted molar refractivity (Wildman–Crippen MR) is 93.3 cm³/mol. The van der Waals surface area contributed by atoms with Gasteiger partial charge < -0.3 is 5.73 Å². The summed E-state index contributed by atoms with van der Waals surface area (Å²) in [6, 6.07) is 6.67. The number of hydrogen-bond donors (Lipinski definition) is 1. The van der Waals surface area contributed by atoms with Crippen molar-refractivity contribution in [1.82, 2.24) is 4.90 Å². The molecule has 0 saturated heterocycles. The van der Waals surface area contributed by atoms with Gasteiger partial charge >= 0.3 is 0 Å². The molecule has 0 unspecified atom stereocenters. The number of benzene rings is 1. The Morgan fingerprint density at radius 2 is 1.57 bits per heavy atom. The van der Waals surface area contributed by atoms with E-state index in [0.717, 1.165) is 18.4 Å². The van der Waals surface area contributed by atoms with Gasteiger partial charge in [0.05, 0.1) is 0 Å². The van der Waals surface area contributed by atoms with Crippen molar-refractivity contribution in [3.8, 4) is 0 Å². The fourth-order valence-corrected chi connectivity index (χ4v) is 2.45. The van der Waals surface area contributed by atoms with Crippen LogP contribution >= 0.6 is 0 Å². The minimum Gasteiger partial charge on any atom is -0.326 e. The lowest BCUT2D eigenvalue weighted by Crippen LogP contribution is -2.27. The average molecular weight is 290 g/mol. The van der Waals surface area contributed by atoms with E-state index in [-0.39, 0.29) is 0 Å². The van der Waals surface area contributed by atoms with Crippen LogP contribution in [0.2, 0.25) is 0 Å². The summed E-state index contributed by atoms with van der Waals surface area (Å²) in [6.45, 7) is 15.5. The number of nitrogens with zero attached hydrogens (tertiary/aromatic N) is 1. The molecule has 0 radical (unpaired) electrons. The molecule has 0 atom stereocenters. The van der Waals surface area contributed by atoms with Crippen molar-refractivity contribution in [3.05, 3.63) is 34.9 Å². The minimum atomic E-state index is 0.630. The van der Waals surface area contributed by atoms with Crippen LogP contribution in [0.3, 0.4) is 0 Å². The SMILES string of the molecule is Cc1cc(CN)ccc1CN(CCC(C)C)CCC(C)C. The maximum absolute atomic E-state index is 5.72. The standard InChI is InChI=1S/C19H34N2/c1-15(2)8-10-21(11-9-16(3)4)14-19-7-6-18(13-20)12-17(19)5/h6-7,12,15-16H,8-11,13-14,20H2,1-5H3. The molecule has 2 heteroatoms. The van der Waals surface area contributed by atoms with E-state index in [2.05, 4.69) is 57.7 Å². The Labute approximate surface area is 131 Å². The molecule has 0 heterocycles. The maximum Gasteiger partial charge on any atom is 0.0236 e. The zero-order chi connectivity index (χ0) is 15.8. The monoisotopic (exact) mass is 290 g/mol. The van der Waals surface area contributed by atoms with Crippen LogP contribution in [0.5, 0.6) is 0 Å². The lowest BCUT2D eigenvalue weighted by atomic mass is 10.0. The molecule has 21 heavy (non-hydrogen) atoms. The Morgan fingerprint density at radius 3 is 2.00 bits per heavy atom. The molecular weight excluding hydrogens is 256 g/mol. The molecule has 0 aliphatic heterocycles. The van der Waals surface area contributed by atoms with Gasteiger partial charge in [0, 0.05) is 13.1 Å². The molecule has 2 N–H and O–H groups in total. The summed E-state index contributed by atoms with van der Waals surface area (Å²) in [5.74, 6) is 1.54. The second kappa shape index (κ2) is 9.22. The minimum absolute atomic E-state index is 0.630. The van der Waals surface area contributed by atoms with Crippen LogP contribution in [-0.4, -0.2) is 18.0 Å². The molecule has 1 rings (SSSR count). The van der Waals surface area contributed by atoms with Crippen molar-refractivity contribution >= 4 is 0 Å². The Hall–Kier alpha value is -0.860. The molecule has 1 aromatic carbocycles. The first-order chi connectivity index (χ1) is 9.92. The van der Waals surface area contributed by atoms with Gasteiger partial charge in [-0.25, -0.2) is 0 Å². The van der Waals surface area contributed by atoms with Gasteiger partial charge in [0.25, 0.3) is 0 Å². The highest BCUT2D eigenvalue weighted by Gasteiger charge is 2.10. The molecule has 0 aromatic heterocycles. The van der Waals surface area contributed by atoms with Gasteiger partial charge in [-0.3, -0.25) is 4.90 Å². The molecular formula is C19H34N2. The highest BCUT2D eigenvalue weighted by molar-refractivity contribution is 5.31. The first-order valence-electron chi connectivity index (χ1n) is 8.43. The third-order valence-electron chi connectivity index (χ3n) is 4.08. The molecule has 0 amide bonds. The van der Waals surface area contributed by atoms with Crippen molar-refractivity contribution in [2.45, 2.75) is 60.5 Å². The third kappa shape index (κ3) is 7.10. The molecule has 0 spiro atoms. The van der Waals surface area contributed by atoms with Crippen molar-refractivity contribution in [1.29, 1.82) is 0 Å². The Bertz CT molecular complexity index is 398. The Kier molecular flexibility index (Phi) is 7.98. The van der Waals surface area contributed by atoms with Crippen LogP contribution in [0.1, 0.15) is 57.2 Å². The third-order valence-corrected chi connectivity index (χ3v) is 4.08. The van der Waals surface area contributed by atoms with Crippen LogP contribution < -0.4 is 5.73 Å². The number of aryl methyl sites for hydroxylation is 1. The summed E-state index contributed by atoms with van der Waals surface area (Å²) in [7, 11) is 0. The van der Waals surface area contributed by atoms with E-state index in [1.807, 2.05) is 0 Å². The van der Waals surface area contributed by atoms with E-state index in [0.29, 0.717) is 6.54 Å². The fourth-order valence-electron chi connectivity index (χ4n) is 2.45. The van der Waals surface area contributed by atoms with Crippen molar-refractivity contribution < 1.29 is 0 Å². The number of rotatable bonds is 9. The lowest BCUT2D eigenvalue weighted by molar-refractivity contribution is 0.235.